The van der Waals surface area contributed by atoms with E-state index in [1.807, 2.05) is 6.92 Å². The predicted molar refractivity (Wildman–Crippen MR) is 74.6 cm³/mol. The molecule has 2 aromatic rings. The van der Waals surface area contributed by atoms with Crippen molar-refractivity contribution in [3.8, 4) is 6.07 Å². The quantitative estimate of drug-likeness (QED) is 0.893. The molecule has 0 fully saturated rings. The zero-order valence-corrected chi connectivity index (χ0v) is 11.4. The lowest BCUT2D eigenvalue weighted by molar-refractivity contribution is 0.623. The van der Waals surface area contributed by atoms with Crippen LogP contribution in [0.5, 0.6) is 0 Å². The zero-order chi connectivity index (χ0) is 14.7. The number of benzene rings is 2. The number of nitriles is 1. The molecule has 1 unspecified atom stereocenters. The van der Waals surface area contributed by atoms with Gasteiger partial charge >= 0.3 is 0 Å². The van der Waals surface area contributed by atoms with E-state index >= 15 is 0 Å². The van der Waals surface area contributed by atoms with E-state index in [9.17, 15) is 8.78 Å². The van der Waals surface area contributed by atoms with Gasteiger partial charge in [-0.15, -0.1) is 0 Å². The summed E-state index contributed by atoms with van der Waals surface area (Å²) in [5, 5.41) is 12.2. The van der Waals surface area contributed by atoms with Gasteiger partial charge in [-0.05, 0) is 42.8 Å². The first-order valence-electron chi connectivity index (χ1n) is 5.92. The Kier molecular flexibility index (Phi) is 4.21. The third-order valence-corrected chi connectivity index (χ3v) is 3.23. The maximum absolute atomic E-state index is 13.2. The standard InChI is InChI=1S/C15H11ClF2N2/c1-9(13-4-2-11(17)7-14(13)16)20-12-3-5-15(18)10(6-12)8-19/h2-7,9,20H,1H3. The summed E-state index contributed by atoms with van der Waals surface area (Å²) in [6, 6.07) is 9.89. The van der Waals surface area contributed by atoms with Crippen LogP contribution in [0.2, 0.25) is 5.02 Å². The Labute approximate surface area is 120 Å². The molecule has 0 heterocycles. The van der Waals surface area contributed by atoms with Crippen molar-refractivity contribution >= 4 is 17.3 Å². The number of nitrogens with one attached hydrogen (secondary N) is 1. The van der Waals surface area contributed by atoms with E-state index in [1.54, 1.807) is 12.1 Å². The fourth-order valence-corrected chi connectivity index (χ4v) is 2.21. The molecule has 1 N–H and O–H groups in total. The fourth-order valence-electron chi connectivity index (χ4n) is 1.88. The highest BCUT2D eigenvalue weighted by molar-refractivity contribution is 6.31. The molecule has 1 atom stereocenters. The molecule has 0 aromatic heterocycles. The first kappa shape index (κ1) is 14.3. The third-order valence-electron chi connectivity index (χ3n) is 2.90. The molecule has 0 aliphatic carbocycles. The minimum atomic E-state index is -0.564. The van der Waals surface area contributed by atoms with E-state index < -0.39 is 11.6 Å². The van der Waals surface area contributed by atoms with Crippen LogP contribution in [0.3, 0.4) is 0 Å². The lowest BCUT2D eigenvalue weighted by Crippen LogP contribution is -2.07. The second kappa shape index (κ2) is 5.89. The van der Waals surface area contributed by atoms with Gasteiger partial charge in [-0.1, -0.05) is 17.7 Å². The lowest BCUT2D eigenvalue weighted by atomic mass is 10.1. The van der Waals surface area contributed by atoms with E-state index in [0.29, 0.717) is 10.7 Å². The van der Waals surface area contributed by atoms with Crippen molar-refractivity contribution in [2.45, 2.75) is 13.0 Å². The van der Waals surface area contributed by atoms with E-state index in [4.69, 9.17) is 16.9 Å². The zero-order valence-electron chi connectivity index (χ0n) is 10.6. The Bertz CT molecular complexity index is 680. The van der Waals surface area contributed by atoms with Crippen molar-refractivity contribution in [2.24, 2.45) is 0 Å². The highest BCUT2D eigenvalue weighted by atomic mass is 35.5. The van der Waals surface area contributed by atoms with Gasteiger partial charge in [0, 0.05) is 16.8 Å². The normalized spacial score (nSPS) is 11.8. The van der Waals surface area contributed by atoms with Crippen molar-refractivity contribution in [1.29, 1.82) is 5.26 Å². The molecule has 0 amide bonds. The molecule has 0 spiro atoms. The van der Waals surface area contributed by atoms with Gasteiger partial charge in [0.2, 0.25) is 0 Å². The molecule has 2 nitrogen and oxygen atoms in total. The van der Waals surface area contributed by atoms with Gasteiger partial charge < -0.3 is 5.32 Å². The largest absolute Gasteiger partial charge is 0.378 e. The number of halogens is 3. The average Bonchev–Trinajstić information content (AvgIpc) is 2.40. The second-order valence-corrected chi connectivity index (χ2v) is 4.75. The molecule has 20 heavy (non-hydrogen) atoms. The van der Waals surface area contributed by atoms with Crippen LogP contribution in [0.15, 0.2) is 36.4 Å². The van der Waals surface area contributed by atoms with Crippen LogP contribution >= 0.6 is 11.6 Å². The Morgan fingerprint density at radius 1 is 1.20 bits per heavy atom. The van der Waals surface area contributed by atoms with Gasteiger partial charge in [-0.2, -0.15) is 5.26 Å². The number of rotatable bonds is 3. The summed E-state index contributed by atoms with van der Waals surface area (Å²) in [5.74, 6) is -0.968. The van der Waals surface area contributed by atoms with Crippen LogP contribution in [-0.2, 0) is 0 Å². The van der Waals surface area contributed by atoms with Crippen molar-refractivity contribution in [2.75, 3.05) is 5.32 Å². The maximum atomic E-state index is 13.2. The van der Waals surface area contributed by atoms with Crippen LogP contribution in [0.25, 0.3) is 0 Å². The van der Waals surface area contributed by atoms with Gasteiger partial charge in [0.05, 0.1) is 5.56 Å². The summed E-state index contributed by atoms with van der Waals surface area (Å²) in [7, 11) is 0. The molecule has 0 saturated heterocycles. The molecule has 5 heteroatoms. The average molecular weight is 293 g/mol. The minimum absolute atomic E-state index is 0.0348. The third kappa shape index (κ3) is 3.06. The molecular weight excluding hydrogens is 282 g/mol. The van der Waals surface area contributed by atoms with E-state index in [0.717, 1.165) is 5.56 Å². The molecular formula is C15H11ClF2N2. The molecule has 0 bridgehead atoms. The number of anilines is 1. The van der Waals surface area contributed by atoms with Crippen LogP contribution in [0.4, 0.5) is 14.5 Å². The van der Waals surface area contributed by atoms with Crippen molar-refractivity contribution in [1.82, 2.24) is 0 Å². The Morgan fingerprint density at radius 2 is 1.95 bits per heavy atom. The molecule has 0 aliphatic heterocycles. The Morgan fingerprint density at radius 3 is 2.60 bits per heavy atom. The minimum Gasteiger partial charge on any atom is -0.378 e. The molecule has 102 valence electrons. The van der Waals surface area contributed by atoms with Gasteiger partial charge in [0.25, 0.3) is 0 Å². The van der Waals surface area contributed by atoms with Gasteiger partial charge in [-0.25, -0.2) is 8.78 Å². The molecule has 0 aliphatic rings. The summed E-state index contributed by atoms with van der Waals surface area (Å²) in [6.45, 7) is 1.84. The number of hydrogen-bond donors (Lipinski definition) is 1. The maximum Gasteiger partial charge on any atom is 0.141 e. The first-order chi connectivity index (χ1) is 9.51. The topological polar surface area (TPSA) is 35.8 Å². The SMILES string of the molecule is CC(Nc1ccc(F)c(C#N)c1)c1ccc(F)cc1Cl. The molecule has 0 saturated carbocycles. The van der Waals surface area contributed by atoms with Crippen LogP contribution in [-0.4, -0.2) is 0 Å². The summed E-state index contributed by atoms with van der Waals surface area (Å²) < 4.78 is 26.2. The van der Waals surface area contributed by atoms with Crippen molar-refractivity contribution in [3.63, 3.8) is 0 Å². The van der Waals surface area contributed by atoms with Crippen LogP contribution in [0, 0.1) is 23.0 Å². The second-order valence-electron chi connectivity index (χ2n) is 4.34. The van der Waals surface area contributed by atoms with Gasteiger partial charge in [-0.3, -0.25) is 0 Å². The summed E-state index contributed by atoms with van der Waals surface area (Å²) in [5.41, 5.74) is 1.28. The molecule has 0 radical (unpaired) electrons. The monoisotopic (exact) mass is 292 g/mol. The Hall–Kier alpha value is -2.12. The highest BCUT2D eigenvalue weighted by Gasteiger charge is 2.11. The summed E-state index contributed by atoms with van der Waals surface area (Å²) >= 11 is 5.98. The predicted octanol–water partition coefficient (Wildman–Crippen LogP) is 4.66. The van der Waals surface area contributed by atoms with Crippen molar-refractivity contribution < 1.29 is 8.78 Å². The summed E-state index contributed by atoms with van der Waals surface area (Å²) in [4.78, 5) is 0. The fraction of sp³-hybridized carbons (Fsp3) is 0.133. The lowest BCUT2D eigenvalue weighted by Gasteiger charge is -2.17. The molecule has 2 rings (SSSR count). The first-order valence-corrected chi connectivity index (χ1v) is 6.30. The molecule has 2 aromatic carbocycles. The smallest absolute Gasteiger partial charge is 0.141 e. The summed E-state index contributed by atoms with van der Waals surface area (Å²) in [6.07, 6.45) is 0. The highest BCUT2D eigenvalue weighted by Crippen LogP contribution is 2.27. The van der Waals surface area contributed by atoms with Crippen molar-refractivity contribution in [3.05, 3.63) is 64.2 Å². The van der Waals surface area contributed by atoms with E-state index in [-0.39, 0.29) is 11.6 Å². The van der Waals surface area contributed by atoms with E-state index in [2.05, 4.69) is 5.32 Å². The van der Waals surface area contributed by atoms with Gasteiger partial charge in [0.1, 0.15) is 17.7 Å². The van der Waals surface area contributed by atoms with Gasteiger partial charge in [0.15, 0.2) is 0 Å². The number of nitrogens with zero attached hydrogens (tertiary/aromatic N) is 1. The van der Waals surface area contributed by atoms with Crippen LogP contribution < -0.4 is 5.32 Å². The number of hydrogen-bond acceptors (Lipinski definition) is 2. The Balaban J connectivity index is 2.23. The van der Waals surface area contributed by atoms with E-state index in [1.165, 1.54) is 30.3 Å². The van der Waals surface area contributed by atoms with Crippen LogP contribution in [0.1, 0.15) is 24.1 Å².